The highest BCUT2D eigenvalue weighted by Gasteiger charge is 2.12. The Morgan fingerprint density at radius 2 is 2.13 bits per heavy atom. The van der Waals surface area contributed by atoms with Crippen molar-refractivity contribution in [2.24, 2.45) is 5.73 Å². The molecule has 3 nitrogen and oxygen atoms in total. The van der Waals surface area contributed by atoms with E-state index in [1.165, 1.54) is 11.1 Å². The number of hydrogen-bond donors (Lipinski definition) is 2. The third kappa shape index (κ3) is 1.92. The van der Waals surface area contributed by atoms with Crippen LogP contribution in [0.2, 0.25) is 0 Å². The number of imidazole rings is 1. The van der Waals surface area contributed by atoms with Gasteiger partial charge in [-0.2, -0.15) is 0 Å². The number of rotatable bonds is 2. The van der Waals surface area contributed by atoms with E-state index in [9.17, 15) is 0 Å². The summed E-state index contributed by atoms with van der Waals surface area (Å²) in [6.45, 7) is 4.15. The molecule has 1 heterocycles. The topological polar surface area (TPSA) is 54.7 Å². The summed E-state index contributed by atoms with van der Waals surface area (Å²) in [7, 11) is 0. The quantitative estimate of drug-likeness (QED) is 0.781. The fraction of sp³-hybridized carbons (Fsp3) is 0.250. The highest BCUT2D eigenvalue weighted by molar-refractivity contribution is 5.35. The number of nitrogens with one attached hydrogen (secondary N) is 1. The van der Waals surface area contributed by atoms with E-state index >= 15 is 0 Å². The number of aromatic amines is 1. The van der Waals surface area contributed by atoms with Gasteiger partial charge in [0.05, 0.1) is 6.04 Å². The van der Waals surface area contributed by atoms with Gasteiger partial charge in [-0.25, -0.2) is 4.98 Å². The summed E-state index contributed by atoms with van der Waals surface area (Å²) in [6.07, 6.45) is 3.51. The lowest BCUT2D eigenvalue weighted by atomic mass is 9.99. The monoisotopic (exact) mass is 201 g/mol. The van der Waals surface area contributed by atoms with Crippen molar-refractivity contribution >= 4 is 0 Å². The zero-order valence-electron chi connectivity index (χ0n) is 8.99. The molecular weight excluding hydrogens is 186 g/mol. The van der Waals surface area contributed by atoms with E-state index in [-0.39, 0.29) is 6.04 Å². The van der Waals surface area contributed by atoms with Gasteiger partial charge in [0, 0.05) is 12.4 Å². The van der Waals surface area contributed by atoms with Crippen LogP contribution in [0.1, 0.15) is 28.6 Å². The number of aryl methyl sites for hydroxylation is 2. The van der Waals surface area contributed by atoms with Gasteiger partial charge in [-0.3, -0.25) is 0 Å². The summed E-state index contributed by atoms with van der Waals surface area (Å²) >= 11 is 0. The van der Waals surface area contributed by atoms with Crippen LogP contribution in [0.15, 0.2) is 30.6 Å². The van der Waals surface area contributed by atoms with Gasteiger partial charge in [-0.15, -0.1) is 0 Å². The standard InChI is InChI=1S/C12H15N3/c1-8-3-4-10(9(2)7-8)11(13)12-14-5-6-15-12/h3-7,11H,13H2,1-2H3,(H,14,15). The molecule has 15 heavy (non-hydrogen) atoms. The van der Waals surface area contributed by atoms with Crippen molar-refractivity contribution in [1.82, 2.24) is 9.97 Å². The summed E-state index contributed by atoms with van der Waals surface area (Å²) in [4.78, 5) is 7.22. The molecule has 0 fully saturated rings. The molecule has 1 atom stereocenters. The van der Waals surface area contributed by atoms with Crippen LogP contribution in [0, 0.1) is 13.8 Å². The van der Waals surface area contributed by atoms with Gasteiger partial charge in [0.1, 0.15) is 5.82 Å². The number of benzene rings is 1. The summed E-state index contributed by atoms with van der Waals surface area (Å²) in [6, 6.07) is 6.11. The van der Waals surface area contributed by atoms with E-state index < -0.39 is 0 Å². The van der Waals surface area contributed by atoms with Crippen LogP contribution >= 0.6 is 0 Å². The van der Waals surface area contributed by atoms with Gasteiger partial charge in [0.15, 0.2) is 0 Å². The van der Waals surface area contributed by atoms with Gasteiger partial charge in [-0.05, 0) is 25.0 Å². The van der Waals surface area contributed by atoms with Crippen molar-refractivity contribution in [1.29, 1.82) is 0 Å². The minimum atomic E-state index is -0.166. The molecule has 0 saturated heterocycles. The van der Waals surface area contributed by atoms with Crippen molar-refractivity contribution in [3.63, 3.8) is 0 Å². The molecule has 1 unspecified atom stereocenters. The molecule has 0 aliphatic carbocycles. The molecule has 2 rings (SSSR count). The van der Waals surface area contributed by atoms with Gasteiger partial charge < -0.3 is 10.7 Å². The first-order valence-corrected chi connectivity index (χ1v) is 5.00. The van der Waals surface area contributed by atoms with Crippen molar-refractivity contribution in [2.75, 3.05) is 0 Å². The second-order valence-corrected chi connectivity index (χ2v) is 3.81. The summed E-state index contributed by atoms with van der Waals surface area (Å²) in [5.41, 5.74) is 9.70. The smallest absolute Gasteiger partial charge is 0.127 e. The van der Waals surface area contributed by atoms with Crippen molar-refractivity contribution in [3.05, 3.63) is 53.1 Å². The lowest BCUT2D eigenvalue weighted by Crippen LogP contribution is -2.14. The van der Waals surface area contributed by atoms with Gasteiger partial charge >= 0.3 is 0 Å². The first-order valence-electron chi connectivity index (χ1n) is 5.00. The molecular formula is C12H15N3. The molecule has 0 amide bonds. The SMILES string of the molecule is Cc1ccc(C(N)c2ncc[nH]2)c(C)c1. The Bertz CT molecular complexity index is 446. The molecule has 1 aromatic carbocycles. The largest absolute Gasteiger partial charge is 0.347 e. The molecule has 2 aromatic rings. The molecule has 3 N–H and O–H groups in total. The van der Waals surface area contributed by atoms with E-state index in [1.807, 2.05) is 0 Å². The maximum absolute atomic E-state index is 6.12. The molecule has 0 aliphatic rings. The second-order valence-electron chi connectivity index (χ2n) is 3.81. The molecule has 1 aromatic heterocycles. The molecule has 0 spiro atoms. The van der Waals surface area contributed by atoms with Crippen molar-refractivity contribution < 1.29 is 0 Å². The van der Waals surface area contributed by atoms with E-state index in [0.717, 1.165) is 11.4 Å². The zero-order valence-corrected chi connectivity index (χ0v) is 8.99. The summed E-state index contributed by atoms with van der Waals surface area (Å²) in [5.74, 6) is 0.807. The molecule has 3 heteroatoms. The summed E-state index contributed by atoms with van der Waals surface area (Å²) in [5, 5.41) is 0. The van der Waals surface area contributed by atoms with E-state index in [2.05, 4.69) is 42.0 Å². The molecule has 0 aliphatic heterocycles. The average molecular weight is 201 g/mol. The Labute approximate surface area is 89.4 Å². The first-order chi connectivity index (χ1) is 7.18. The maximum Gasteiger partial charge on any atom is 0.127 e. The Kier molecular flexibility index (Phi) is 2.56. The van der Waals surface area contributed by atoms with Crippen LogP contribution in [0.4, 0.5) is 0 Å². The maximum atomic E-state index is 6.12. The highest BCUT2D eigenvalue weighted by Crippen LogP contribution is 2.20. The fourth-order valence-corrected chi connectivity index (χ4v) is 1.77. The minimum absolute atomic E-state index is 0.166. The Morgan fingerprint density at radius 1 is 1.33 bits per heavy atom. The molecule has 78 valence electrons. The average Bonchev–Trinajstić information content (AvgIpc) is 2.69. The van der Waals surface area contributed by atoms with Crippen molar-refractivity contribution in [2.45, 2.75) is 19.9 Å². The molecule has 0 bridgehead atoms. The molecule has 0 saturated carbocycles. The van der Waals surface area contributed by atoms with Crippen LogP contribution in [-0.2, 0) is 0 Å². The van der Waals surface area contributed by atoms with Crippen LogP contribution in [0.25, 0.3) is 0 Å². The van der Waals surface area contributed by atoms with Crippen LogP contribution in [-0.4, -0.2) is 9.97 Å². The Hall–Kier alpha value is -1.61. The predicted molar refractivity (Wildman–Crippen MR) is 60.5 cm³/mol. The normalized spacial score (nSPS) is 12.7. The number of nitrogens with two attached hydrogens (primary N) is 1. The predicted octanol–water partition coefficient (Wildman–Crippen LogP) is 2.07. The first kappa shape index (κ1) is 9.93. The van der Waals surface area contributed by atoms with Crippen LogP contribution in [0.5, 0.6) is 0 Å². The Balaban J connectivity index is 2.38. The number of H-pyrrole nitrogens is 1. The van der Waals surface area contributed by atoms with Crippen LogP contribution < -0.4 is 5.73 Å². The lowest BCUT2D eigenvalue weighted by molar-refractivity contribution is 0.794. The number of nitrogens with zero attached hydrogens (tertiary/aromatic N) is 1. The van der Waals surface area contributed by atoms with Gasteiger partial charge in [0.25, 0.3) is 0 Å². The molecule has 0 radical (unpaired) electrons. The van der Waals surface area contributed by atoms with Gasteiger partial charge in [-0.1, -0.05) is 23.8 Å². The summed E-state index contributed by atoms with van der Waals surface area (Å²) < 4.78 is 0. The zero-order chi connectivity index (χ0) is 10.8. The van der Waals surface area contributed by atoms with E-state index in [4.69, 9.17) is 5.73 Å². The highest BCUT2D eigenvalue weighted by atomic mass is 14.9. The fourth-order valence-electron chi connectivity index (χ4n) is 1.77. The van der Waals surface area contributed by atoms with Crippen molar-refractivity contribution in [3.8, 4) is 0 Å². The third-order valence-corrected chi connectivity index (χ3v) is 2.57. The van der Waals surface area contributed by atoms with E-state index in [0.29, 0.717) is 0 Å². The number of hydrogen-bond acceptors (Lipinski definition) is 2. The van der Waals surface area contributed by atoms with Crippen LogP contribution in [0.3, 0.4) is 0 Å². The lowest BCUT2D eigenvalue weighted by Gasteiger charge is -2.12. The minimum Gasteiger partial charge on any atom is -0.347 e. The van der Waals surface area contributed by atoms with Gasteiger partial charge in [0.2, 0.25) is 0 Å². The second kappa shape index (κ2) is 3.87. The Morgan fingerprint density at radius 3 is 2.73 bits per heavy atom. The van der Waals surface area contributed by atoms with E-state index in [1.54, 1.807) is 12.4 Å². The number of aromatic nitrogens is 2. The third-order valence-electron chi connectivity index (χ3n) is 2.57.